The molecule has 0 saturated carbocycles. The number of aliphatic hydroxyl groups excluding tert-OH is 7. The molecule has 2 aliphatic heterocycles. The van der Waals surface area contributed by atoms with Gasteiger partial charge in [0.2, 0.25) is 0 Å². The summed E-state index contributed by atoms with van der Waals surface area (Å²) in [6.45, 7) is -0.961. The van der Waals surface area contributed by atoms with Gasteiger partial charge in [0.15, 0.2) is 24.1 Å². The van der Waals surface area contributed by atoms with E-state index in [1.165, 1.54) is 14.2 Å². The Balaban J connectivity index is 1.56. The van der Waals surface area contributed by atoms with Crippen LogP contribution in [0.3, 0.4) is 0 Å². The molecule has 0 radical (unpaired) electrons. The normalized spacial score (nSPS) is 37.7. The molecule has 10 atom stereocenters. The first kappa shape index (κ1) is 28.0. The van der Waals surface area contributed by atoms with Crippen LogP contribution in [0.1, 0.15) is 5.56 Å². The Kier molecular flexibility index (Phi) is 10.0. The summed E-state index contributed by atoms with van der Waals surface area (Å²) in [7, 11) is 3.04. The van der Waals surface area contributed by atoms with E-state index < -0.39 is 74.6 Å². The third kappa shape index (κ3) is 6.39. The molecule has 3 rings (SSSR count). The second-order valence-electron chi connectivity index (χ2n) is 8.36. The van der Waals surface area contributed by atoms with Crippen molar-refractivity contribution in [2.45, 2.75) is 67.8 Å². The van der Waals surface area contributed by atoms with E-state index in [9.17, 15) is 35.7 Å². The lowest BCUT2D eigenvalue weighted by Crippen LogP contribution is -2.61. The number of hydrogen-bond acceptors (Lipinski definition) is 13. The summed E-state index contributed by atoms with van der Waals surface area (Å²) in [5, 5.41) is 69.9. The molecule has 0 aromatic heterocycles. The van der Waals surface area contributed by atoms with Crippen LogP contribution >= 0.6 is 0 Å². The van der Waals surface area contributed by atoms with Gasteiger partial charge in [-0.1, -0.05) is 6.07 Å². The minimum absolute atomic E-state index is 0.0975. The lowest BCUT2D eigenvalue weighted by atomic mass is 9.98. The zero-order valence-corrected chi connectivity index (χ0v) is 19.4. The zero-order valence-electron chi connectivity index (χ0n) is 19.4. The monoisotopic (exact) mass is 506 g/mol. The number of ether oxygens (including phenoxy) is 6. The fraction of sp³-hybridized carbons (Fsp3) is 0.727. The molecule has 7 N–H and O–H groups in total. The molecule has 1 aromatic rings. The standard InChI is InChI=1S/C22H34O13/c1-30-11-4-3-10(7-12(11)31-2)5-6-32-21-19(28)18(27)16(25)14(35-21)9-33-22-20(29)17(26)15(24)13(8-23)34-22/h3-4,7,13-29H,5-6,8-9H2,1-2H3/t13-,14-,15-,16-,17+,18+,19-,20-,21-,22-/m1/s1. The van der Waals surface area contributed by atoms with Gasteiger partial charge in [0.05, 0.1) is 34.0 Å². The van der Waals surface area contributed by atoms with E-state index in [4.69, 9.17) is 28.4 Å². The van der Waals surface area contributed by atoms with Crippen molar-refractivity contribution in [3.63, 3.8) is 0 Å². The predicted molar refractivity (Wildman–Crippen MR) is 116 cm³/mol. The van der Waals surface area contributed by atoms with Crippen molar-refractivity contribution >= 4 is 0 Å². The molecule has 2 aliphatic rings. The van der Waals surface area contributed by atoms with Gasteiger partial charge < -0.3 is 64.2 Å². The van der Waals surface area contributed by atoms with E-state index in [0.717, 1.165) is 5.56 Å². The molecule has 0 aliphatic carbocycles. The molecule has 2 fully saturated rings. The van der Waals surface area contributed by atoms with Crippen molar-refractivity contribution in [3.8, 4) is 11.5 Å². The molecule has 0 unspecified atom stereocenters. The molecular formula is C22H34O13. The zero-order chi connectivity index (χ0) is 25.7. The van der Waals surface area contributed by atoms with Crippen LogP contribution in [0.4, 0.5) is 0 Å². The van der Waals surface area contributed by atoms with Crippen molar-refractivity contribution in [2.24, 2.45) is 0 Å². The highest BCUT2D eigenvalue weighted by Crippen LogP contribution is 2.29. The number of benzene rings is 1. The molecule has 200 valence electrons. The van der Waals surface area contributed by atoms with Crippen LogP contribution in [0.15, 0.2) is 18.2 Å². The second-order valence-corrected chi connectivity index (χ2v) is 8.36. The summed E-state index contributed by atoms with van der Waals surface area (Å²) in [5.74, 6) is 1.12. The van der Waals surface area contributed by atoms with E-state index in [2.05, 4.69) is 0 Å². The Morgan fingerprint density at radius 1 is 0.714 bits per heavy atom. The molecule has 1 aromatic carbocycles. The van der Waals surface area contributed by atoms with E-state index >= 15 is 0 Å². The van der Waals surface area contributed by atoms with Gasteiger partial charge in [-0.3, -0.25) is 0 Å². The lowest BCUT2D eigenvalue weighted by Gasteiger charge is -2.42. The summed E-state index contributed by atoms with van der Waals surface area (Å²) < 4.78 is 32.3. The Labute approximate surface area is 201 Å². The largest absolute Gasteiger partial charge is 0.493 e. The minimum Gasteiger partial charge on any atom is -0.493 e. The third-order valence-electron chi connectivity index (χ3n) is 6.06. The van der Waals surface area contributed by atoms with Gasteiger partial charge in [-0.05, 0) is 24.1 Å². The van der Waals surface area contributed by atoms with Crippen molar-refractivity contribution < 1.29 is 64.2 Å². The summed E-state index contributed by atoms with van der Waals surface area (Å²) >= 11 is 0. The topological polar surface area (TPSA) is 197 Å². The second kappa shape index (κ2) is 12.6. The molecule has 35 heavy (non-hydrogen) atoms. The molecule has 13 heteroatoms. The van der Waals surface area contributed by atoms with E-state index in [1.807, 2.05) is 6.07 Å². The fourth-order valence-corrected chi connectivity index (χ4v) is 3.92. The first-order valence-electron chi connectivity index (χ1n) is 11.2. The molecule has 0 amide bonds. The van der Waals surface area contributed by atoms with Crippen LogP contribution in [-0.4, -0.2) is 131 Å². The van der Waals surface area contributed by atoms with Gasteiger partial charge in [-0.2, -0.15) is 0 Å². The lowest BCUT2D eigenvalue weighted by molar-refractivity contribution is -0.331. The third-order valence-corrected chi connectivity index (χ3v) is 6.06. The van der Waals surface area contributed by atoms with Gasteiger partial charge >= 0.3 is 0 Å². The molecule has 0 spiro atoms. The SMILES string of the molecule is COc1ccc(CCO[C@@H]2O[C@H](CO[C@@H]3O[C@H](CO)[C@@H](O)[C@H](O)[C@H]3O)[C@@H](O)[C@H](O)[C@H]2O)cc1OC. The molecule has 0 bridgehead atoms. The number of rotatable bonds is 10. The quantitative estimate of drug-likeness (QED) is 0.168. The highest BCUT2D eigenvalue weighted by molar-refractivity contribution is 5.42. The van der Waals surface area contributed by atoms with Crippen LogP contribution in [0.25, 0.3) is 0 Å². The maximum absolute atomic E-state index is 10.3. The van der Waals surface area contributed by atoms with Crippen molar-refractivity contribution in [1.29, 1.82) is 0 Å². The average Bonchev–Trinajstić information content (AvgIpc) is 2.87. The highest BCUT2D eigenvalue weighted by Gasteiger charge is 2.47. The summed E-state index contributed by atoms with van der Waals surface area (Å²) in [5.41, 5.74) is 0.857. The molecular weight excluding hydrogens is 472 g/mol. The van der Waals surface area contributed by atoms with Gasteiger partial charge in [0, 0.05) is 0 Å². The Morgan fingerprint density at radius 3 is 1.89 bits per heavy atom. The summed E-state index contributed by atoms with van der Waals surface area (Å²) in [4.78, 5) is 0. The van der Waals surface area contributed by atoms with Crippen LogP contribution in [0, 0.1) is 0 Å². The highest BCUT2D eigenvalue weighted by atomic mass is 16.7. The maximum Gasteiger partial charge on any atom is 0.186 e. The van der Waals surface area contributed by atoms with Gasteiger partial charge in [-0.25, -0.2) is 0 Å². The minimum atomic E-state index is -1.64. The van der Waals surface area contributed by atoms with Gasteiger partial charge in [0.1, 0.15) is 48.8 Å². The maximum atomic E-state index is 10.3. The Bertz CT molecular complexity index is 793. The first-order chi connectivity index (χ1) is 16.7. The average molecular weight is 507 g/mol. The van der Waals surface area contributed by atoms with Crippen molar-refractivity contribution in [2.75, 3.05) is 34.0 Å². The van der Waals surface area contributed by atoms with E-state index in [0.29, 0.717) is 17.9 Å². The molecule has 2 heterocycles. The van der Waals surface area contributed by atoms with E-state index in [-0.39, 0.29) is 6.61 Å². The summed E-state index contributed by atoms with van der Waals surface area (Å²) in [6.07, 6.45) is -14.2. The number of hydrogen-bond donors (Lipinski definition) is 7. The first-order valence-corrected chi connectivity index (χ1v) is 11.2. The van der Waals surface area contributed by atoms with Gasteiger partial charge in [0.25, 0.3) is 0 Å². The molecule has 13 nitrogen and oxygen atoms in total. The fourth-order valence-electron chi connectivity index (χ4n) is 3.92. The summed E-state index contributed by atoms with van der Waals surface area (Å²) in [6, 6.07) is 5.33. The predicted octanol–water partition coefficient (Wildman–Crippen LogP) is -3.11. The van der Waals surface area contributed by atoms with Crippen molar-refractivity contribution in [1.82, 2.24) is 0 Å². The Hall–Kier alpha value is -1.62. The number of methoxy groups -OCH3 is 2. The van der Waals surface area contributed by atoms with Crippen LogP contribution < -0.4 is 9.47 Å². The van der Waals surface area contributed by atoms with Gasteiger partial charge in [-0.15, -0.1) is 0 Å². The van der Waals surface area contributed by atoms with E-state index in [1.54, 1.807) is 12.1 Å². The number of aliphatic hydroxyl groups is 7. The smallest absolute Gasteiger partial charge is 0.186 e. The van der Waals surface area contributed by atoms with Crippen LogP contribution in [0.5, 0.6) is 11.5 Å². The molecule has 2 saturated heterocycles. The van der Waals surface area contributed by atoms with Crippen molar-refractivity contribution in [3.05, 3.63) is 23.8 Å². The van der Waals surface area contributed by atoms with Crippen LogP contribution in [-0.2, 0) is 25.4 Å². The van der Waals surface area contributed by atoms with Crippen LogP contribution in [0.2, 0.25) is 0 Å². The Morgan fingerprint density at radius 2 is 1.29 bits per heavy atom.